The second kappa shape index (κ2) is 7.97. The number of hydrogen-bond donors (Lipinski definition) is 1. The second-order valence-electron chi connectivity index (χ2n) is 10.1. The minimum atomic E-state index is -1.89. The molecule has 0 bridgehead atoms. The van der Waals surface area contributed by atoms with Crippen molar-refractivity contribution in [2.24, 2.45) is 5.92 Å². The highest BCUT2D eigenvalue weighted by molar-refractivity contribution is 6.74. The van der Waals surface area contributed by atoms with E-state index in [1.807, 2.05) is 25.7 Å². The highest BCUT2D eigenvalue weighted by atomic mass is 28.4. The fourth-order valence-electron chi connectivity index (χ4n) is 2.59. The molecule has 1 saturated heterocycles. The Hall–Kier alpha value is -0.593. The molecule has 0 aromatic rings. The highest BCUT2D eigenvalue weighted by Gasteiger charge is 2.44. The van der Waals surface area contributed by atoms with Crippen molar-refractivity contribution in [3.63, 3.8) is 0 Å². The van der Waals surface area contributed by atoms with Gasteiger partial charge in [-0.05, 0) is 38.9 Å². The van der Waals surface area contributed by atoms with Gasteiger partial charge in [-0.25, -0.2) is 4.79 Å². The summed E-state index contributed by atoms with van der Waals surface area (Å²) < 4.78 is 12.2. The van der Waals surface area contributed by atoms with Gasteiger partial charge in [0.1, 0.15) is 5.60 Å². The predicted molar refractivity (Wildman–Crippen MR) is 107 cm³/mol. The van der Waals surface area contributed by atoms with E-state index in [-0.39, 0.29) is 17.2 Å². The topological polar surface area (TPSA) is 50.8 Å². The average Bonchev–Trinajstić information content (AvgIpc) is 2.75. The van der Waals surface area contributed by atoms with Crippen LogP contribution in [0.2, 0.25) is 18.1 Å². The molecule has 148 valence electrons. The van der Waals surface area contributed by atoms with Crippen molar-refractivity contribution in [2.75, 3.05) is 19.6 Å². The first-order chi connectivity index (χ1) is 11.1. The van der Waals surface area contributed by atoms with Crippen LogP contribution in [0, 0.1) is 5.92 Å². The number of amides is 1. The Bertz CT molecular complexity index is 453. The van der Waals surface area contributed by atoms with E-state index in [1.165, 1.54) is 0 Å². The van der Waals surface area contributed by atoms with Crippen molar-refractivity contribution in [3.8, 4) is 0 Å². The molecule has 1 N–H and O–H groups in total. The van der Waals surface area contributed by atoms with Crippen LogP contribution < -0.4 is 5.32 Å². The van der Waals surface area contributed by atoms with E-state index in [2.05, 4.69) is 53.0 Å². The summed E-state index contributed by atoms with van der Waals surface area (Å²) in [5.41, 5.74) is -0.471. The maximum Gasteiger partial charge on any atom is 0.410 e. The van der Waals surface area contributed by atoms with E-state index in [1.54, 1.807) is 0 Å². The van der Waals surface area contributed by atoms with Crippen LogP contribution in [0.4, 0.5) is 4.79 Å². The summed E-state index contributed by atoms with van der Waals surface area (Å²) in [7, 11) is -1.89. The molecule has 25 heavy (non-hydrogen) atoms. The lowest BCUT2D eigenvalue weighted by Crippen LogP contribution is -2.47. The Morgan fingerprint density at radius 3 is 2.16 bits per heavy atom. The van der Waals surface area contributed by atoms with Crippen LogP contribution >= 0.6 is 0 Å². The monoisotopic (exact) mass is 372 g/mol. The summed E-state index contributed by atoms with van der Waals surface area (Å²) in [6, 6.07) is 0.420. The lowest BCUT2D eigenvalue weighted by molar-refractivity contribution is 0.0272. The number of likely N-dealkylation sites (tertiary alicyclic amines) is 1. The van der Waals surface area contributed by atoms with E-state index < -0.39 is 13.9 Å². The maximum atomic E-state index is 12.5. The van der Waals surface area contributed by atoms with Gasteiger partial charge in [-0.1, -0.05) is 34.6 Å². The summed E-state index contributed by atoms with van der Waals surface area (Å²) in [5.74, 6) is 0.295. The molecule has 6 heteroatoms. The first-order valence-corrected chi connectivity index (χ1v) is 12.4. The zero-order valence-corrected chi connectivity index (χ0v) is 19.0. The highest BCUT2D eigenvalue weighted by Crippen LogP contribution is 2.39. The third-order valence-electron chi connectivity index (χ3n) is 5.07. The molecule has 0 aromatic carbocycles. The van der Waals surface area contributed by atoms with Crippen LogP contribution in [0.1, 0.15) is 55.4 Å². The number of hydrogen-bond acceptors (Lipinski definition) is 4. The van der Waals surface area contributed by atoms with Crippen molar-refractivity contribution in [1.82, 2.24) is 10.2 Å². The minimum absolute atomic E-state index is 0.0691. The lowest BCUT2D eigenvalue weighted by Gasteiger charge is -2.39. The van der Waals surface area contributed by atoms with Gasteiger partial charge in [0.2, 0.25) is 0 Å². The zero-order valence-electron chi connectivity index (χ0n) is 18.0. The molecule has 1 fully saturated rings. The van der Waals surface area contributed by atoms with Gasteiger partial charge in [-0.15, -0.1) is 0 Å². The molecule has 1 aliphatic rings. The smallest absolute Gasteiger partial charge is 0.410 e. The quantitative estimate of drug-likeness (QED) is 0.733. The van der Waals surface area contributed by atoms with Crippen molar-refractivity contribution in [2.45, 2.75) is 91.3 Å². The van der Waals surface area contributed by atoms with E-state index in [0.717, 1.165) is 6.54 Å². The molecular formula is C19H40N2O3Si. The van der Waals surface area contributed by atoms with Crippen LogP contribution in [-0.2, 0) is 9.16 Å². The fourth-order valence-corrected chi connectivity index (χ4v) is 3.97. The molecule has 1 amide bonds. The molecular weight excluding hydrogens is 332 g/mol. The Labute approximate surface area is 156 Å². The molecule has 0 unspecified atom stereocenters. The summed E-state index contributed by atoms with van der Waals surface area (Å²) >= 11 is 0. The Morgan fingerprint density at radius 1 is 1.16 bits per heavy atom. The molecule has 1 aliphatic heterocycles. The van der Waals surface area contributed by atoms with Gasteiger partial charge in [-0.2, -0.15) is 0 Å². The Balaban J connectivity index is 2.85. The van der Waals surface area contributed by atoms with Gasteiger partial charge >= 0.3 is 6.09 Å². The van der Waals surface area contributed by atoms with Crippen molar-refractivity contribution < 1.29 is 14.0 Å². The Morgan fingerprint density at radius 2 is 1.72 bits per heavy atom. The number of carbonyl (C=O) groups excluding carboxylic acids is 1. The van der Waals surface area contributed by atoms with Gasteiger partial charge in [0.05, 0.1) is 6.10 Å². The summed E-state index contributed by atoms with van der Waals surface area (Å²) in [5, 5.41) is 3.66. The number of ether oxygens (including phenoxy) is 1. The third kappa shape index (κ3) is 6.91. The SMILES string of the molecule is CC(C)NC[C@H]1CN(C(=O)OC(C)(C)C)C[C@H]1O[Si](C)(C)C(C)(C)C. The second-order valence-corrected chi connectivity index (χ2v) is 14.9. The largest absolute Gasteiger partial charge is 0.444 e. The molecule has 1 rings (SSSR count). The third-order valence-corrected chi connectivity index (χ3v) is 9.58. The molecule has 0 aliphatic carbocycles. The summed E-state index contributed by atoms with van der Waals surface area (Å²) in [4.78, 5) is 14.3. The summed E-state index contributed by atoms with van der Waals surface area (Å²) in [6.07, 6.45) is -0.164. The predicted octanol–water partition coefficient (Wildman–Crippen LogP) is 4.24. The number of rotatable bonds is 5. The molecule has 0 spiro atoms. The number of nitrogens with zero attached hydrogens (tertiary/aromatic N) is 1. The number of nitrogens with one attached hydrogen (secondary N) is 1. The van der Waals surface area contributed by atoms with Crippen LogP contribution in [0.25, 0.3) is 0 Å². The maximum absolute atomic E-state index is 12.5. The van der Waals surface area contributed by atoms with Crippen molar-refractivity contribution >= 4 is 14.4 Å². The average molecular weight is 373 g/mol. The van der Waals surface area contributed by atoms with E-state index in [0.29, 0.717) is 25.0 Å². The fraction of sp³-hybridized carbons (Fsp3) is 0.947. The molecule has 0 saturated carbocycles. The Kier molecular flexibility index (Phi) is 7.15. The van der Waals surface area contributed by atoms with Gasteiger partial charge in [0.15, 0.2) is 8.32 Å². The van der Waals surface area contributed by atoms with Crippen LogP contribution in [-0.4, -0.2) is 56.7 Å². The summed E-state index contributed by atoms with van der Waals surface area (Å²) in [6.45, 7) is 23.5. The normalized spacial score (nSPS) is 22.6. The standard InChI is InChI=1S/C19H40N2O3Si/c1-14(2)20-11-15-12-21(17(22)23-18(3,4)5)13-16(15)24-25(9,10)19(6,7)8/h14-16,20H,11-13H2,1-10H3/t15-,16+/m0/s1. The first kappa shape index (κ1) is 22.4. The first-order valence-electron chi connectivity index (χ1n) is 9.51. The van der Waals surface area contributed by atoms with Crippen LogP contribution in [0.15, 0.2) is 0 Å². The minimum Gasteiger partial charge on any atom is -0.444 e. The molecule has 1 heterocycles. The number of carbonyl (C=O) groups is 1. The van der Waals surface area contributed by atoms with Crippen molar-refractivity contribution in [1.29, 1.82) is 0 Å². The molecule has 0 aromatic heterocycles. The zero-order chi connectivity index (χ0) is 19.6. The van der Waals surface area contributed by atoms with Gasteiger partial charge in [-0.3, -0.25) is 0 Å². The van der Waals surface area contributed by atoms with E-state index in [9.17, 15) is 4.79 Å². The van der Waals surface area contributed by atoms with Crippen molar-refractivity contribution in [3.05, 3.63) is 0 Å². The van der Waals surface area contributed by atoms with Gasteiger partial charge in [0.25, 0.3) is 0 Å². The van der Waals surface area contributed by atoms with Crippen LogP contribution in [0.3, 0.4) is 0 Å². The van der Waals surface area contributed by atoms with Crippen LogP contribution in [0.5, 0.6) is 0 Å². The van der Waals surface area contributed by atoms with Gasteiger partial charge in [0, 0.05) is 31.6 Å². The molecule has 5 nitrogen and oxygen atoms in total. The molecule has 0 radical (unpaired) electrons. The van der Waals surface area contributed by atoms with E-state index >= 15 is 0 Å². The molecule has 2 atom stereocenters. The lowest BCUT2D eigenvalue weighted by atomic mass is 10.1. The van der Waals surface area contributed by atoms with E-state index in [4.69, 9.17) is 9.16 Å². The van der Waals surface area contributed by atoms with Gasteiger partial charge < -0.3 is 19.4 Å².